The zero-order valence-corrected chi connectivity index (χ0v) is 9.13. The molecule has 16 heavy (non-hydrogen) atoms. The SMILES string of the molecule is CC(C)Nc1ccc2[nH]c(=O)c(=O)[nH]c2c1. The van der Waals surface area contributed by atoms with Gasteiger partial charge in [0.2, 0.25) is 0 Å². The third-order valence-electron chi connectivity index (χ3n) is 2.18. The normalized spacial score (nSPS) is 10.9. The molecule has 2 aromatic rings. The summed E-state index contributed by atoms with van der Waals surface area (Å²) >= 11 is 0. The summed E-state index contributed by atoms with van der Waals surface area (Å²) in [7, 11) is 0. The van der Waals surface area contributed by atoms with Crippen molar-refractivity contribution in [2.45, 2.75) is 19.9 Å². The second-order valence-electron chi connectivity index (χ2n) is 3.97. The molecule has 1 heterocycles. The van der Waals surface area contributed by atoms with Gasteiger partial charge < -0.3 is 15.3 Å². The van der Waals surface area contributed by atoms with Crippen LogP contribution in [-0.4, -0.2) is 16.0 Å². The first-order valence-corrected chi connectivity index (χ1v) is 5.09. The van der Waals surface area contributed by atoms with E-state index in [-0.39, 0.29) is 0 Å². The molecular weight excluding hydrogens is 206 g/mol. The Labute approximate surface area is 91.5 Å². The third-order valence-corrected chi connectivity index (χ3v) is 2.18. The quantitative estimate of drug-likeness (QED) is 0.660. The maximum atomic E-state index is 11.1. The van der Waals surface area contributed by atoms with Gasteiger partial charge in [0.1, 0.15) is 0 Å². The standard InChI is InChI=1S/C11H13N3O2/c1-6(2)12-7-3-4-8-9(5-7)14-11(16)10(15)13-8/h3-6,12H,1-2H3,(H,13,15)(H,14,16). The van der Waals surface area contributed by atoms with E-state index in [0.717, 1.165) is 5.69 Å². The molecule has 0 unspecified atom stereocenters. The molecule has 0 radical (unpaired) electrons. The molecule has 0 fully saturated rings. The van der Waals surface area contributed by atoms with Crippen LogP contribution in [0.5, 0.6) is 0 Å². The number of fused-ring (bicyclic) bond motifs is 1. The molecule has 0 amide bonds. The Morgan fingerprint density at radius 2 is 1.69 bits per heavy atom. The van der Waals surface area contributed by atoms with Crippen molar-refractivity contribution in [3.63, 3.8) is 0 Å². The van der Waals surface area contributed by atoms with Crippen molar-refractivity contribution in [1.82, 2.24) is 9.97 Å². The average Bonchev–Trinajstić information content (AvgIpc) is 2.19. The van der Waals surface area contributed by atoms with Gasteiger partial charge in [-0.3, -0.25) is 9.59 Å². The second kappa shape index (κ2) is 3.84. The molecule has 5 nitrogen and oxygen atoms in total. The molecule has 1 aromatic heterocycles. The Hall–Kier alpha value is -2.04. The predicted octanol–water partition coefficient (Wildman–Crippen LogP) is 1.04. The van der Waals surface area contributed by atoms with Crippen LogP contribution in [0.25, 0.3) is 11.0 Å². The van der Waals surface area contributed by atoms with Gasteiger partial charge in [0, 0.05) is 11.7 Å². The lowest BCUT2D eigenvalue weighted by Gasteiger charge is -2.10. The Morgan fingerprint density at radius 3 is 2.31 bits per heavy atom. The minimum atomic E-state index is -0.630. The zero-order chi connectivity index (χ0) is 11.7. The number of anilines is 1. The van der Waals surface area contributed by atoms with E-state index in [1.165, 1.54) is 0 Å². The molecule has 0 aliphatic heterocycles. The molecule has 0 aliphatic rings. The fourth-order valence-corrected chi connectivity index (χ4v) is 1.54. The molecule has 0 atom stereocenters. The number of benzene rings is 1. The molecule has 84 valence electrons. The summed E-state index contributed by atoms with van der Waals surface area (Å²) in [6.07, 6.45) is 0. The molecular formula is C11H13N3O2. The number of aromatic amines is 2. The topological polar surface area (TPSA) is 77.8 Å². The first kappa shape index (κ1) is 10.5. The van der Waals surface area contributed by atoms with Crippen molar-refractivity contribution >= 4 is 16.7 Å². The van der Waals surface area contributed by atoms with Gasteiger partial charge in [0.25, 0.3) is 0 Å². The molecule has 5 heteroatoms. The average molecular weight is 219 g/mol. The van der Waals surface area contributed by atoms with Crippen LogP contribution < -0.4 is 16.4 Å². The van der Waals surface area contributed by atoms with Gasteiger partial charge in [0.05, 0.1) is 11.0 Å². The highest BCUT2D eigenvalue weighted by molar-refractivity contribution is 5.78. The second-order valence-corrected chi connectivity index (χ2v) is 3.97. The maximum absolute atomic E-state index is 11.1. The number of rotatable bonds is 2. The first-order valence-electron chi connectivity index (χ1n) is 5.09. The minimum absolute atomic E-state index is 0.312. The van der Waals surface area contributed by atoms with Crippen LogP contribution in [0.1, 0.15) is 13.8 Å². The summed E-state index contributed by atoms with van der Waals surface area (Å²) in [5.41, 5.74) is 0.894. The molecule has 0 spiro atoms. The van der Waals surface area contributed by atoms with Gasteiger partial charge in [-0.15, -0.1) is 0 Å². The summed E-state index contributed by atoms with van der Waals surface area (Å²) in [5.74, 6) is 0. The zero-order valence-electron chi connectivity index (χ0n) is 9.13. The van der Waals surface area contributed by atoms with Gasteiger partial charge in [-0.1, -0.05) is 0 Å². The molecule has 1 aromatic carbocycles. The lowest BCUT2D eigenvalue weighted by atomic mass is 10.2. The van der Waals surface area contributed by atoms with E-state index >= 15 is 0 Å². The lowest BCUT2D eigenvalue weighted by Crippen LogP contribution is -2.28. The fourth-order valence-electron chi connectivity index (χ4n) is 1.54. The largest absolute Gasteiger partial charge is 0.383 e. The van der Waals surface area contributed by atoms with Crippen molar-refractivity contribution in [3.8, 4) is 0 Å². The summed E-state index contributed by atoms with van der Waals surface area (Å²) in [5, 5.41) is 3.22. The summed E-state index contributed by atoms with van der Waals surface area (Å²) < 4.78 is 0. The molecule has 2 rings (SSSR count). The highest BCUT2D eigenvalue weighted by Gasteiger charge is 2.01. The number of aromatic nitrogens is 2. The maximum Gasteiger partial charge on any atom is 0.314 e. The van der Waals surface area contributed by atoms with Crippen LogP contribution in [0.2, 0.25) is 0 Å². The van der Waals surface area contributed by atoms with Crippen LogP contribution in [0.3, 0.4) is 0 Å². The molecule has 3 N–H and O–H groups in total. The predicted molar refractivity (Wildman–Crippen MR) is 63.9 cm³/mol. The van der Waals surface area contributed by atoms with Crippen molar-refractivity contribution in [2.24, 2.45) is 0 Å². The molecule has 0 saturated carbocycles. The smallest absolute Gasteiger partial charge is 0.314 e. The Bertz CT molecular complexity index is 625. The van der Waals surface area contributed by atoms with E-state index in [0.29, 0.717) is 17.1 Å². The molecule has 0 bridgehead atoms. The number of hydrogen-bond donors (Lipinski definition) is 3. The highest BCUT2D eigenvalue weighted by Crippen LogP contribution is 2.14. The van der Waals surface area contributed by atoms with E-state index in [9.17, 15) is 9.59 Å². The minimum Gasteiger partial charge on any atom is -0.383 e. The summed E-state index contributed by atoms with van der Waals surface area (Å²) in [6.45, 7) is 4.06. The van der Waals surface area contributed by atoms with E-state index in [4.69, 9.17) is 0 Å². The highest BCUT2D eigenvalue weighted by atomic mass is 16.2. The Balaban J connectivity index is 2.58. The number of nitrogens with one attached hydrogen (secondary N) is 3. The van der Waals surface area contributed by atoms with Crippen molar-refractivity contribution < 1.29 is 0 Å². The van der Waals surface area contributed by atoms with Crippen LogP contribution in [0.15, 0.2) is 27.8 Å². The van der Waals surface area contributed by atoms with Crippen molar-refractivity contribution in [1.29, 1.82) is 0 Å². The van der Waals surface area contributed by atoms with Crippen molar-refractivity contribution in [3.05, 3.63) is 38.9 Å². The van der Waals surface area contributed by atoms with Crippen molar-refractivity contribution in [2.75, 3.05) is 5.32 Å². The van der Waals surface area contributed by atoms with Gasteiger partial charge >= 0.3 is 11.1 Å². The Morgan fingerprint density at radius 1 is 1.06 bits per heavy atom. The lowest BCUT2D eigenvalue weighted by molar-refractivity contribution is 0.900. The molecule has 0 saturated heterocycles. The van der Waals surface area contributed by atoms with Gasteiger partial charge in [-0.05, 0) is 32.0 Å². The van der Waals surface area contributed by atoms with Gasteiger partial charge in [-0.25, -0.2) is 0 Å². The first-order chi connectivity index (χ1) is 7.56. The summed E-state index contributed by atoms with van der Waals surface area (Å²) in [6, 6.07) is 5.73. The van der Waals surface area contributed by atoms with E-state index in [1.54, 1.807) is 12.1 Å². The third kappa shape index (κ3) is 1.98. The van der Waals surface area contributed by atoms with Crippen LogP contribution in [-0.2, 0) is 0 Å². The van der Waals surface area contributed by atoms with E-state index in [1.807, 2.05) is 19.9 Å². The monoisotopic (exact) mass is 219 g/mol. The van der Waals surface area contributed by atoms with E-state index in [2.05, 4.69) is 15.3 Å². The summed E-state index contributed by atoms with van der Waals surface area (Å²) in [4.78, 5) is 27.3. The number of hydrogen-bond acceptors (Lipinski definition) is 3. The number of H-pyrrole nitrogens is 2. The van der Waals surface area contributed by atoms with Crippen LogP contribution >= 0.6 is 0 Å². The van der Waals surface area contributed by atoms with Crippen LogP contribution in [0.4, 0.5) is 5.69 Å². The van der Waals surface area contributed by atoms with Gasteiger partial charge in [0.15, 0.2) is 0 Å². The molecule has 0 aliphatic carbocycles. The Kier molecular flexibility index (Phi) is 2.52. The van der Waals surface area contributed by atoms with Crippen LogP contribution in [0, 0.1) is 0 Å². The fraction of sp³-hybridized carbons (Fsp3) is 0.273. The van der Waals surface area contributed by atoms with Gasteiger partial charge in [-0.2, -0.15) is 0 Å². The van der Waals surface area contributed by atoms with E-state index < -0.39 is 11.1 Å².